The van der Waals surface area contributed by atoms with Crippen LogP contribution in [-0.2, 0) is 0 Å². The van der Waals surface area contributed by atoms with Crippen molar-refractivity contribution in [2.24, 2.45) is 11.7 Å². The molecular weight excluding hydrogens is 136 g/mol. The summed E-state index contributed by atoms with van der Waals surface area (Å²) in [5.74, 6) is 0.900. The second-order valence-corrected chi connectivity index (χ2v) is 4.49. The molecule has 1 heterocycles. The highest BCUT2D eigenvalue weighted by atomic mass is 15.2. The second kappa shape index (κ2) is 2.46. The van der Waals surface area contributed by atoms with Crippen LogP contribution in [0.4, 0.5) is 0 Å². The fraction of sp³-hybridized carbons (Fsp3) is 1.00. The summed E-state index contributed by atoms with van der Waals surface area (Å²) >= 11 is 0. The molecule has 0 radical (unpaired) electrons. The summed E-state index contributed by atoms with van der Waals surface area (Å²) in [7, 11) is 0. The van der Waals surface area contributed by atoms with E-state index in [2.05, 4.69) is 11.8 Å². The predicted octanol–water partition coefficient (Wildman–Crippen LogP) is 0.819. The zero-order chi connectivity index (χ0) is 7.90. The van der Waals surface area contributed by atoms with E-state index in [0.29, 0.717) is 0 Å². The molecule has 2 aliphatic rings. The predicted molar refractivity (Wildman–Crippen MR) is 46.4 cm³/mol. The lowest BCUT2D eigenvalue weighted by molar-refractivity contribution is 0.297. The Bertz CT molecular complexity index is 152. The van der Waals surface area contributed by atoms with Crippen molar-refractivity contribution in [2.45, 2.75) is 31.7 Å². The number of nitrogens with zero attached hydrogens (tertiary/aromatic N) is 1. The molecule has 1 atom stereocenters. The molecule has 0 bridgehead atoms. The summed E-state index contributed by atoms with van der Waals surface area (Å²) in [5, 5.41) is 0. The Morgan fingerprint density at radius 1 is 1.55 bits per heavy atom. The Kier molecular flexibility index (Phi) is 1.69. The summed E-state index contributed by atoms with van der Waals surface area (Å²) in [6.07, 6.45) is 3.87. The van der Waals surface area contributed by atoms with E-state index < -0.39 is 0 Å². The Balaban J connectivity index is 1.79. The molecule has 0 aromatic rings. The Hall–Kier alpha value is -0.0800. The molecule has 2 fully saturated rings. The monoisotopic (exact) mass is 154 g/mol. The average molecular weight is 154 g/mol. The number of hydrogen-bond donors (Lipinski definition) is 1. The first kappa shape index (κ1) is 7.56. The van der Waals surface area contributed by atoms with Crippen molar-refractivity contribution in [3.05, 3.63) is 0 Å². The molecule has 2 heteroatoms. The Morgan fingerprint density at radius 3 is 2.73 bits per heavy atom. The minimum atomic E-state index is 0.226. The molecule has 2 nitrogen and oxygen atoms in total. The van der Waals surface area contributed by atoms with Crippen LogP contribution in [0.1, 0.15) is 26.2 Å². The van der Waals surface area contributed by atoms with E-state index in [1.54, 1.807) is 0 Å². The number of nitrogens with two attached hydrogens (primary N) is 1. The molecule has 1 saturated carbocycles. The second-order valence-electron chi connectivity index (χ2n) is 4.49. The summed E-state index contributed by atoms with van der Waals surface area (Å²) in [6, 6.07) is 0. The molecule has 64 valence electrons. The molecule has 0 spiro atoms. The van der Waals surface area contributed by atoms with Crippen molar-refractivity contribution in [1.29, 1.82) is 0 Å². The molecule has 11 heavy (non-hydrogen) atoms. The van der Waals surface area contributed by atoms with Crippen molar-refractivity contribution in [3.63, 3.8) is 0 Å². The van der Waals surface area contributed by atoms with Gasteiger partial charge in [-0.05, 0) is 31.7 Å². The SMILES string of the molecule is C[C@@H]1CCN(CC2(N)CC2)C1. The first-order chi connectivity index (χ1) is 5.18. The van der Waals surface area contributed by atoms with Gasteiger partial charge >= 0.3 is 0 Å². The molecule has 0 aromatic carbocycles. The Labute approximate surface area is 68.7 Å². The van der Waals surface area contributed by atoms with Crippen LogP contribution in [-0.4, -0.2) is 30.1 Å². The molecule has 1 saturated heterocycles. The van der Waals surface area contributed by atoms with Gasteiger partial charge in [-0.15, -0.1) is 0 Å². The van der Waals surface area contributed by atoms with E-state index in [0.717, 1.165) is 12.5 Å². The maximum Gasteiger partial charge on any atom is 0.0284 e. The zero-order valence-electron chi connectivity index (χ0n) is 7.34. The van der Waals surface area contributed by atoms with Crippen molar-refractivity contribution >= 4 is 0 Å². The van der Waals surface area contributed by atoms with Gasteiger partial charge in [-0.1, -0.05) is 6.92 Å². The fourth-order valence-electron chi connectivity index (χ4n) is 1.93. The number of rotatable bonds is 2. The molecule has 1 aliphatic carbocycles. The van der Waals surface area contributed by atoms with Crippen molar-refractivity contribution in [2.75, 3.05) is 19.6 Å². The number of likely N-dealkylation sites (tertiary alicyclic amines) is 1. The molecule has 0 aromatic heterocycles. The van der Waals surface area contributed by atoms with Crippen LogP contribution in [0.2, 0.25) is 0 Å². The highest BCUT2D eigenvalue weighted by Crippen LogP contribution is 2.34. The Morgan fingerprint density at radius 2 is 2.27 bits per heavy atom. The number of hydrogen-bond acceptors (Lipinski definition) is 2. The van der Waals surface area contributed by atoms with Crippen molar-refractivity contribution < 1.29 is 0 Å². The molecular formula is C9H18N2. The highest BCUT2D eigenvalue weighted by molar-refractivity contribution is 5.01. The maximum absolute atomic E-state index is 6.03. The van der Waals surface area contributed by atoms with Gasteiger partial charge in [0.2, 0.25) is 0 Å². The van der Waals surface area contributed by atoms with Gasteiger partial charge in [0.25, 0.3) is 0 Å². The van der Waals surface area contributed by atoms with E-state index in [9.17, 15) is 0 Å². The summed E-state index contributed by atoms with van der Waals surface area (Å²) in [5.41, 5.74) is 6.26. The van der Waals surface area contributed by atoms with Gasteiger partial charge in [0.1, 0.15) is 0 Å². The topological polar surface area (TPSA) is 29.3 Å². The fourth-order valence-corrected chi connectivity index (χ4v) is 1.93. The molecule has 0 amide bonds. The van der Waals surface area contributed by atoms with Crippen LogP contribution in [0.25, 0.3) is 0 Å². The lowest BCUT2D eigenvalue weighted by Gasteiger charge is -2.19. The first-order valence-corrected chi connectivity index (χ1v) is 4.69. The lowest BCUT2D eigenvalue weighted by Crippen LogP contribution is -2.38. The van der Waals surface area contributed by atoms with E-state index >= 15 is 0 Å². The van der Waals surface area contributed by atoms with Crippen LogP contribution in [0, 0.1) is 5.92 Å². The van der Waals surface area contributed by atoms with E-state index in [4.69, 9.17) is 5.73 Å². The third-order valence-electron chi connectivity index (χ3n) is 2.94. The zero-order valence-corrected chi connectivity index (χ0v) is 7.34. The third kappa shape index (κ3) is 1.74. The maximum atomic E-state index is 6.03. The quantitative estimate of drug-likeness (QED) is 0.638. The average Bonchev–Trinajstić information content (AvgIpc) is 2.49. The summed E-state index contributed by atoms with van der Waals surface area (Å²) in [6.45, 7) is 6.03. The lowest BCUT2D eigenvalue weighted by atomic mass is 10.2. The molecule has 2 N–H and O–H groups in total. The van der Waals surface area contributed by atoms with Gasteiger partial charge in [0, 0.05) is 18.6 Å². The van der Waals surface area contributed by atoms with Crippen LogP contribution < -0.4 is 5.73 Å². The summed E-state index contributed by atoms with van der Waals surface area (Å²) in [4.78, 5) is 2.53. The minimum absolute atomic E-state index is 0.226. The molecule has 1 aliphatic heterocycles. The smallest absolute Gasteiger partial charge is 0.0284 e. The van der Waals surface area contributed by atoms with Gasteiger partial charge < -0.3 is 10.6 Å². The summed E-state index contributed by atoms with van der Waals surface area (Å²) < 4.78 is 0. The van der Waals surface area contributed by atoms with Crippen LogP contribution in [0.5, 0.6) is 0 Å². The van der Waals surface area contributed by atoms with E-state index in [1.807, 2.05) is 0 Å². The van der Waals surface area contributed by atoms with Crippen LogP contribution in [0.3, 0.4) is 0 Å². The standard InChI is InChI=1S/C9H18N2/c1-8-2-5-11(6-8)7-9(10)3-4-9/h8H,2-7,10H2,1H3/t8-/m1/s1. The minimum Gasteiger partial charge on any atom is -0.324 e. The van der Waals surface area contributed by atoms with Gasteiger partial charge in [-0.2, -0.15) is 0 Å². The highest BCUT2D eigenvalue weighted by Gasteiger charge is 2.40. The molecule has 2 rings (SSSR count). The third-order valence-corrected chi connectivity index (χ3v) is 2.94. The van der Waals surface area contributed by atoms with Gasteiger partial charge in [-0.25, -0.2) is 0 Å². The van der Waals surface area contributed by atoms with Crippen LogP contribution in [0.15, 0.2) is 0 Å². The van der Waals surface area contributed by atoms with Crippen LogP contribution >= 0.6 is 0 Å². The van der Waals surface area contributed by atoms with E-state index in [-0.39, 0.29) is 5.54 Å². The first-order valence-electron chi connectivity index (χ1n) is 4.69. The normalized spacial score (nSPS) is 36.0. The van der Waals surface area contributed by atoms with Crippen molar-refractivity contribution in [1.82, 2.24) is 4.90 Å². The van der Waals surface area contributed by atoms with Gasteiger partial charge in [0.15, 0.2) is 0 Å². The van der Waals surface area contributed by atoms with Crippen molar-refractivity contribution in [3.8, 4) is 0 Å². The van der Waals surface area contributed by atoms with E-state index in [1.165, 1.54) is 32.4 Å². The molecule has 0 unspecified atom stereocenters. The van der Waals surface area contributed by atoms with Gasteiger partial charge in [-0.3, -0.25) is 0 Å². The van der Waals surface area contributed by atoms with Gasteiger partial charge in [0.05, 0.1) is 0 Å². The largest absolute Gasteiger partial charge is 0.324 e.